The Hall–Kier alpha value is -1.02. The van der Waals surface area contributed by atoms with Crippen molar-refractivity contribution >= 4 is 5.69 Å². The van der Waals surface area contributed by atoms with Gasteiger partial charge in [-0.05, 0) is 62.3 Å². The van der Waals surface area contributed by atoms with Gasteiger partial charge in [-0.2, -0.15) is 0 Å². The summed E-state index contributed by atoms with van der Waals surface area (Å²) in [4.78, 5) is 2.54. The molecule has 1 aromatic carbocycles. The third-order valence-electron chi connectivity index (χ3n) is 4.22. The Labute approximate surface area is 118 Å². The second-order valence-corrected chi connectivity index (χ2v) is 6.18. The first-order valence-corrected chi connectivity index (χ1v) is 7.70. The average Bonchev–Trinajstić information content (AvgIpc) is 2.80. The molecule has 2 heteroatoms. The van der Waals surface area contributed by atoms with Crippen LogP contribution in [0.3, 0.4) is 0 Å². The minimum Gasteiger partial charge on any atom is -0.371 e. The number of hydrogen-bond donors (Lipinski definition) is 1. The van der Waals surface area contributed by atoms with Crippen molar-refractivity contribution in [3.63, 3.8) is 0 Å². The molecule has 1 saturated heterocycles. The van der Waals surface area contributed by atoms with Crippen LogP contribution in [0, 0.1) is 12.8 Å². The molecule has 0 aliphatic carbocycles. The molecule has 0 radical (unpaired) electrons. The van der Waals surface area contributed by atoms with Gasteiger partial charge in [-0.15, -0.1) is 0 Å². The molecule has 1 aliphatic rings. The molecule has 2 atom stereocenters. The fraction of sp³-hybridized carbons (Fsp3) is 0.647. The van der Waals surface area contributed by atoms with Crippen LogP contribution in [-0.4, -0.2) is 19.1 Å². The van der Waals surface area contributed by atoms with E-state index in [4.69, 9.17) is 5.73 Å². The fourth-order valence-corrected chi connectivity index (χ4v) is 3.16. The van der Waals surface area contributed by atoms with E-state index in [9.17, 15) is 0 Å². The summed E-state index contributed by atoms with van der Waals surface area (Å²) in [6.45, 7) is 9.02. The predicted octanol–water partition coefficient (Wildman–Crippen LogP) is 3.51. The number of nitrogens with zero attached hydrogens (tertiary/aromatic N) is 1. The van der Waals surface area contributed by atoms with Gasteiger partial charge in [-0.25, -0.2) is 0 Å². The standard InChI is InChI=1S/C17H28N2/c1-4-5-15-8-9-19(12-15)17-7-6-16(11-14(3)18)13(2)10-17/h6-7,10,14-15H,4-5,8-9,11-12,18H2,1-3H3. The summed E-state index contributed by atoms with van der Waals surface area (Å²) >= 11 is 0. The molecular weight excluding hydrogens is 232 g/mol. The largest absolute Gasteiger partial charge is 0.371 e. The zero-order valence-corrected chi connectivity index (χ0v) is 12.7. The van der Waals surface area contributed by atoms with E-state index in [0.717, 1.165) is 12.3 Å². The first-order valence-electron chi connectivity index (χ1n) is 7.70. The molecule has 2 nitrogen and oxygen atoms in total. The molecule has 0 spiro atoms. The summed E-state index contributed by atoms with van der Waals surface area (Å²) in [5.41, 5.74) is 10.1. The first-order chi connectivity index (χ1) is 9.10. The number of nitrogens with two attached hydrogens (primary N) is 1. The molecule has 19 heavy (non-hydrogen) atoms. The van der Waals surface area contributed by atoms with Crippen molar-refractivity contribution in [2.45, 2.75) is 52.5 Å². The molecule has 1 heterocycles. The molecular formula is C17H28N2. The number of aryl methyl sites for hydroxylation is 1. The minimum atomic E-state index is 0.241. The lowest BCUT2D eigenvalue weighted by atomic mass is 10.0. The molecule has 1 aromatic rings. The normalized spacial score (nSPS) is 20.8. The summed E-state index contributed by atoms with van der Waals surface area (Å²) in [5, 5.41) is 0. The van der Waals surface area contributed by atoms with E-state index in [2.05, 4.69) is 43.9 Å². The van der Waals surface area contributed by atoms with Crippen molar-refractivity contribution in [3.8, 4) is 0 Å². The van der Waals surface area contributed by atoms with Crippen LogP contribution in [0.15, 0.2) is 18.2 Å². The van der Waals surface area contributed by atoms with Crippen molar-refractivity contribution in [1.82, 2.24) is 0 Å². The lowest BCUT2D eigenvalue weighted by molar-refractivity contribution is 0.530. The van der Waals surface area contributed by atoms with E-state index in [1.54, 1.807) is 0 Å². The van der Waals surface area contributed by atoms with Gasteiger partial charge in [0.2, 0.25) is 0 Å². The molecule has 2 N–H and O–H groups in total. The van der Waals surface area contributed by atoms with Gasteiger partial charge in [0.15, 0.2) is 0 Å². The Kier molecular flexibility index (Phi) is 4.87. The highest BCUT2D eigenvalue weighted by atomic mass is 15.1. The van der Waals surface area contributed by atoms with Gasteiger partial charge in [-0.1, -0.05) is 19.4 Å². The van der Waals surface area contributed by atoms with Crippen LogP contribution in [0.25, 0.3) is 0 Å². The second-order valence-electron chi connectivity index (χ2n) is 6.18. The average molecular weight is 260 g/mol. The fourth-order valence-electron chi connectivity index (χ4n) is 3.16. The Morgan fingerprint density at radius 2 is 2.21 bits per heavy atom. The first kappa shape index (κ1) is 14.4. The van der Waals surface area contributed by atoms with Crippen molar-refractivity contribution in [3.05, 3.63) is 29.3 Å². The highest BCUT2D eigenvalue weighted by molar-refractivity contribution is 5.51. The van der Waals surface area contributed by atoms with Crippen LogP contribution in [-0.2, 0) is 6.42 Å². The topological polar surface area (TPSA) is 29.3 Å². The highest BCUT2D eigenvalue weighted by Gasteiger charge is 2.22. The Bertz CT molecular complexity index is 412. The van der Waals surface area contributed by atoms with Gasteiger partial charge in [0.05, 0.1) is 0 Å². The van der Waals surface area contributed by atoms with E-state index in [1.165, 1.54) is 49.2 Å². The van der Waals surface area contributed by atoms with Crippen molar-refractivity contribution in [1.29, 1.82) is 0 Å². The summed E-state index contributed by atoms with van der Waals surface area (Å²) in [7, 11) is 0. The summed E-state index contributed by atoms with van der Waals surface area (Å²) in [6.07, 6.45) is 5.02. The van der Waals surface area contributed by atoms with E-state index >= 15 is 0 Å². The molecule has 1 aliphatic heterocycles. The van der Waals surface area contributed by atoms with Gasteiger partial charge in [0.25, 0.3) is 0 Å². The lowest BCUT2D eigenvalue weighted by Crippen LogP contribution is -2.21. The van der Waals surface area contributed by atoms with Gasteiger partial charge in [0.1, 0.15) is 0 Å². The summed E-state index contributed by atoms with van der Waals surface area (Å²) in [5.74, 6) is 0.897. The van der Waals surface area contributed by atoms with Crippen LogP contribution in [0.4, 0.5) is 5.69 Å². The Balaban J connectivity index is 2.04. The lowest BCUT2D eigenvalue weighted by Gasteiger charge is -2.20. The van der Waals surface area contributed by atoms with Crippen LogP contribution >= 0.6 is 0 Å². The summed E-state index contributed by atoms with van der Waals surface area (Å²) < 4.78 is 0. The van der Waals surface area contributed by atoms with Gasteiger partial charge in [-0.3, -0.25) is 0 Å². The third-order valence-corrected chi connectivity index (χ3v) is 4.22. The Morgan fingerprint density at radius 1 is 1.42 bits per heavy atom. The van der Waals surface area contributed by atoms with E-state index < -0.39 is 0 Å². The highest BCUT2D eigenvalue weighted by Crippen LogP contribution is 2.28. The molecule has 2 unspecified atom stereocenters. The van der Waals surface area contributed by atoms with Crippen molar-refractivity contribution in [2.75, 3.05) is 18.0 Å². The molecule has 0 saturated carbocycles. The SMILES string of the molecule is CCCC1CCN(c2ccc(CC(C)N)c(C)c2)C1. The minimum absolute atomic E-state index is 0.241. The predicted molar refractivity (Wildman–Crippen MR) is 83.8 cm³/mol. The summed E-state index contributed by atoms with van der Waals surface area (Å²) in [6, 6.07) is 7.12. The monoisotopic (exact) mass is 260 g/mol. The number of benzene rings is 1. The third kappa shape index (κ3) is 3.73. The maximum atomic E-state index is 5.89. The zero-order valence-electron chi connectivity index (χ0n) is 12.7. The maximum Gasteiger partial charge on any atom is 0.0369 e. The van der Waals surface area contributed by atoms with Crippen molar-refractivity contribution < 1.29 is 0 Å². The van der Waals surface area contributed by atoms with Crippen LogP contribution < -0.4 is 10.6 Å². The van der Waals surface area contributed by atoms with Crippen molar-refractivity contribution in [2.24, 2.45) is 11.7 Å². The Morgan fingerprint density at radius 3 is 2.84 bits per heavy atom. The smallest absolute Gasteiger partial charge is 0.0369 e. The second kappa shape index (κ2) is 6.42. The molecule has 2 rings (SSSR count). The van der Waals surface area contributed by atoms with E-state index in [1.807, 2.05) is 0 Å². The number of hydrogen-bond acceptors (Lipinski definition) is 2. The van der Waals surface area contributed by atoms with Gasteiger partial charge < -0.3 is 10.6 Å². The van der Waals surface area contributed by atoms with Crippen LogP contribution in [0.2, 0.25) is 0 Å². The molecule has 1 fully saturated rings. The van der Waals surface area contributed by atoms with Crippen LogP contribution in [0.5, 0.6) is 0 Å². The molecule has 0 aromatic heterocycles. The zero-order chi connectivity index (χ0) is 13.8. The maximum absolute atomic E-state index is 5.89. The van der Waals surface area contributed by atoms with E-state index in [0.29, 0.717) is 0 Å². The van der Waals surface area contributed by atoms with Gasteiger partial charge in [0, 0.05) is 24.8 Å². The number of rotatable bonds is 5. The molecule has 0 bridgehead atoms. The van der Waals surface area contributed by atoms with E-state index in [-0.39, 0.29) is 6.04 Å². The van der Waals surface area contributed by atoms with Gasteiger partial charge >= 0.3 is 0 Å². The quantitative estimate of drug-likeness (QED) is 0.878. The number of anilines is 1. The van der Waals surface area contributed by atoms with Crippen LogP contribution in [0.1, 0.15) is 44.2 Å². The molecule has 106 valence electrons. The molecule has 0 amide bonds.